The predicted octanol–water partition coefficient (Wildman–Crippen LogP) is 1.35. The standard InChI is InChI=1S/C17H17N5O4/c23-17(20-12-5-6-24-8-12)16-7-15(26-21-16)9-25-14-3-1-13(2-4-14)22-11-18-10-19-22/h1-4,7,10-12H,5-6,8-9H2,(H,20,23). The average molecular weight is 355 g/mol. The largest absolute Gasteiger partial charge is 0.486 e. The second-order valence-corrected chi connectivity index (χ2v) is 5.84. The van der Waals surface area contributed by atoms with Crippen molar-refractivity contribution in [3.8, 4) is 11.4 Å². The molecule has 1 saturated heterocycles. The molecule has 0 aliphatic carbocycles. The van der Waals surface area contributed by atoms with E-state index < -0.39 is 0 Å². The monoisotopic (exact) mass is 355 g/mol. The lowest BCUT2D eigenvalue weighted by Gasteiger charge is -2.07. The third kappa shape index (κ3) is 3.72. The van der Waals surface area contributed by atoms with Crippen molar-refractivity contribution in [2.45, 2.75) is 19.1 Å². The van der Waals surface area contributed by atoms with Crippen LogP contribution in [0.5, 0.6) is 5.75 Å². The fourth-order valence-corrected chi connectivity index (χ4v) is 2.59. The molecule has 2 aromatic heterocycles. The maximum Gasteiger partial charge on any atom is 0.273 e. The van der Waals surface area contributed by atoms with E-state index in [1.165, 1.54) is 6.33 Å². The van der Waals surface area contributed by atoms with Gasteiger partial charge in [-0.05, 0) is 30.7 Å². The van der Waals surface area contributed by atoms with Crippen molar-refractivity contribution in [2.24, 2.45) is 0 Å². The summed E-state index contributed by atoms with van der Waals surface area (Å²) in [5.74, 6) is 0.866. The van der Waals surface area contributed by atoms with Gasteiger partial charge in [0.05, 0.1) is 18.3 Å². The third-order valence-electron chi connectivity index (χ3n) is 3.96. The molecule has 3 heterocycles. The van der Waals surface area contributed by atoms with Gasteiger partial charge in [0, 0.05) is 12.7 Å². The molecular formula is C17H17N5O4. The van der Waals surface area contributed by atoms with E-state index in [2.05, 4.69) is 20.6 Å². The average Bonchev–Trinajstić information content (AvgIpc) is 3.42. The summed E-state index contributed by atoms with van der Waals surface area (Å²) in [6.45, 7) is 1.37. The molecule has 0 radical (unpaired) electrons. The van der Waals surface area contributed by atoms with E-state index in [0.717, 1.165) is 12.1 Å². The second kappa shape index (κ2) is 7.36. The fourth-order valence-electron chi connectivity index (χ4n) is 2.59. The van der Waals surface area contributed by atoms with E-state index in [-0.39, 0.29) is 24.2 Å². The minimum absolute atomic E-state index is 0.0300. The van der Waals surface area contributed by atoms with Crippen LogP contribution in [0.2, 0.25) is 0 Å². The van der Waals surface area contributed by atoms with Crippen molar-refractivity contribution < 1.29 is 18.8 Å². The molecule has 26 heavy (non-hydrogen) atoms. The van der Waals surface area contributed by atoms with Crippen LogP contribution in [0.15, 0.2) is 47.5 Å². The van der Waals surface area contributed by atoms with Gasteiger partial charge in [-0.15, -0.1) is 0 Å². The Bertz CT molecular complexity index is 854. The number of carbonyl (C=O) groups excluding carboxylic acids is 1. The zero-order valence-electron chi connectivity index (χ0n) is 13.9. The minimum atomic E-state index is -0.271. The van der Waals surface area contributed by atoms with Crippen molar-refractivity contribution in [2.75, 3.05) is 13.2 Å². The molecule has 0 saturated carbocycles. The SMILES string of the molecule is O=C(NC1CCOC1)c1cc(COc2ccc(-n3cncn3)cc2)on1. The number of hydrogen-bond acceptors (Lipinski definition) is 7. The Morgan fingerprint density at radius 2 is 2.23 bits per heavy atom. The molecule has 1 unspecified atom stereocenters. The summed E-state index contributed by atoms with van der Waals surface area (Å²) in [5, 5.41) is 10.7. The summed E-state index contributed by atoms with van der Waals surface area (Å²) in [6.07, 6.45) is 3.90. The number of aromatic nitrogens is 4. The summed E-state index contributed by atoms with van der Waals surface area (Å²) in [5.41, 5.74) is 1.11. The highest BCUT2D eigenvalue weighted by Crippen LogP contribution is 2.16. The first-order valence-electron chi connectivity index (χ1n) is 8.20. The van der Waals surface area contributed by atoms with Gasteiger partial charge in [0.25, 0.3) is 5.91 Å². The maximum atomic E-state index is 12.1. The van der Waals surface area contributed by atoms with Crippen LogP contribution in [-0.2, 0) is 11.3 Å². The summed E-state index contributed by atoms with van der Waals surface area (Å²) in [4.78, 5) is 16.0. The van der Waals surface area contributed by atoms with Crippen molar-refractivity contribution in [3.63, 3.8) is 0 Å². The van der Waals surface area contributed by atoms with Crippen molar-refractivity contribution in [3.05, 3.63) is 54.4 Å². The van der Waals surface area contributed by atoms with Gasteiger partial charge >= 0.3 is 0 Å². The Kier molecular flexibility index (Phi) is 4.61. The highest BCUT2D eigenvalue weighted by atomic mass is 16.5. The summed E-state index contributed by atoms with van der Waals surface area (Å²) in [6, 6.07) is 8.99. The van der Waals surface area contributed by atoms with Crippen LogP contribution in [0.3, 0.4) is 0 Å². The van der Waals surface area contributed by atoms with Gasteiger partial charge in [0.2, 0.25) is 0 Å². The van der Waals surface area contributed by atoms with Gasteiger partial charge in [-0.25, -0.2) is 9.67 Å². The number of rotatable bonds is 6. The lowest BCUT2D eigenvalue weighted by atomic mass is 10.2. The van der Waals surface area contributed by atoms with Crippen molar-refractivity contribution in [1.82, 2.24) is 25.2 Å². The molecule has 0 bridgehead atoms. The number of benzene rings is 1. The van der Waals surface area contributed by atoms with Gasteiger partial charge < -0.3 is 19.3 Å². The normalized spacial score (nSPS) is 16.5. The van der Waals surface area contributed by atoms with E-state index >= 15 is 0 Å². The molecule has 134 valence electrons. The van der Waals surface area contributed by atoms with Crippen LogP contribution < -0.4 is 10.1 Å². The highest BCUT2D eigenvalue weighted by molar-refractivity contribution is 5.92. The van der Waals surface area contributed by atoms with Crippen molar-refractivity contribution in [1.29, 1.82) is 0 Å². The molecule has 9 nitrogen and oxygen atoms in total. The molecule has 1 aliphatic heterocycles. The van der Waals surface area contributed by atoms with Crippen LogP contribution >= 0.6 is 0 Å². The summed E-state index contributed by atoms with van der Waals surface area (Å²) >= 11 is 0. The van der Waals surface area contributed by atoms with Gasteiger partial charge in [0.15, 0.2) is 11.5 Å². The summed E-state index contributed by atoms with van der Waals surface area (Å²) < 4.78 is 17.7. The lowest BCUT2D eigenvalue weighted by molar-refractivity contribution is 0.0920. The Morgan fingerprint density at radius 3 is 2.96 bits per heavy atom. The third-order valence-corrected chi connectivity index (χ3v) is 3.96. The molecule has 1 amide bonds. The van der Waals surface area contributed by atoms with Gasteiger partial charge in [0.1, 0.15) is 25.0 Å². The van der Waals surface area contributed by atoms with E-state index in [4.69, 9.17) is 14.0 Å². The Labute approximate surface area is 148 Å². The molecule has 1 aliphatic rings. The van der Waals surface area contributed by atoms with E-state index in [1.807, 2.05) is 24.3 Å². The lowest BCUT2D eigenvalue weighted by Crippen LogP contribution is -2.35. The first kappa shape index (κ1) is 16.3. The first-order chi connectivity index (χ1) is 12.8. The van der Waals surface area contributed by atoms with Crippen LogP contribution in [0.4, 0.5) is 0 Å². The molecule has 3 aromatic rings. The molecule has 4 rings (SSSR count). The fraction of sp³-hybridized carbons (Fsp3) is 0.294. The first-order valence-corrected chi connectivity index (χ1v) is 8.20. The zero-order chi connectivity index (χ0) is 17.8. The summed E-state index contributed by atoms with van der Waals surface area (Å²) in [7, 11) is 0. The van der Waals surface area contributed by atoms with Gasteiger partial charge in [-0.2, -0.15) is 5.10 Å². The molecule has 9 heteroatoms. The topological polar surface area (TPSA) is 104 Å². The molecule has 0 spiro atoms. The van der Waals surface area contributed by atoms with Crippen LogP contribution in [-0.4, -0.2) is 45.1 Å². The number of hydrogen-bond donors (Lipinski definition) is 1. The Hall–Kier alpha value is -3.20. The highest BCUT2D eigenvalue weighted by Gasteiger charge is 2.20. The van der Waals surface area contributed by atoms with Crippen LogP contribution in [0.25, 0.3) is 5.69 Å². The minimum Gasteiger partial charge on any atom is -0.486 e. The molecule has 1 N–H and O–H groups in total. The molecule has 1 aromatic carbocycles. The number of carbonyl (C=O) groups is 1. The van der Waals surface area contributed by atoms with E-state index in [9.17, 15) is 4.79 Å². The number of nitrogens with one attached hydrogen (secondary N) is 1. The molecule has 1 fully saturated rings. The second-order valence-electron chi connectivity index (χ2n) is 5.84. The molecular weight excluding hydrogens is 338 g/mol. The Balaban J connectivity index is 1.32. The quantitative estimate of drug-likeness (QED) is 0.712. The molecule has 1 atom stereocenters. The van der Waals surface area contributed by atoms with E-state index in [1.54, 1.807) is 17.1 Å². The number of ether oxygens (including phenoxy) is 2. The maximum absolute atomic E-state index is 12.1. The van der Waals surface area contributed by atoms with Crippen molar-refractivity contribution >= 4 is 5.91 Å². The zero-order valence-corrected chi connectivity index (χ0v) is 13.9. The van der Waals surface area contributed by atoms with Crippen LogP contribution in [0, 0.1) is 0 Å². The van der Waals surface area contributed by atoms with Gasteiger partial charge in [-0.1, -0.05) is 5.16 Å². The smallest absolute Gasteiger partial charge is 0.273 e. The van der Waals surface area contributed by atoms with E-state index in [0.29, 0.717) is 24.7 Å². The number of nitrogens with zero attached hydrogens (tertiary/aromatic N) is 4. The van der Waals surface area contributed by atoms with Crippen LogP contribution in [0.1, 0.15) is 22.7 Å². The Morgan fingerprint density at radius 1 is 1.35 bits per heavy atom. The van der Waals surface area contributed by atoms with Gasteiger partial charge in [-0.3, -0.25) is 4.79 Å². The predicted molar refractivity (Wildman–Crippen MR) is 88.9 cm³/mol. The number of amides is 1.